The number of nitrogens with zero attached hydrogens (tertiary/aromatic N) is 2. The highest BCUT2D eigenvalue weighted by Gasteiger charge is 2.30. The monoisotopic (exact) mass is 503 g/mol. The van der Waals surface area contributed by atoms with Gasteiger partial charge in [-0.1, -0.05) is 12.1 Å². The number of anilines is 2. The van der Waals surface area contributed by atoms with Gasteiger partial charge in [0.25, 0.3) is 5.91 Å². The highest BCUT2D eigenvalue weighted by Crippen LogP contribution is 2.34. The van der Waals surface area contributed by atoms with E-state index >= 15 is 0 Å². The highest BCUT2D eigenvalue weighted by molar-refractivity contribution is 9.10. The predicted octanol–water partition coefficient (Wildman–Crippen LogP) is 6.42. The molecule has 1 unspecified atom stereocenters. The number of aryl methyl sites for hydroxylation is 1. The van der Waals surface area contributed by atoms with Crippen molar-refractivity contribution in [3.05, 3.63) is 87.7 Å². The van der Waals surface area contributed by atoms with Crippen LogP contribution in [-0.2, 0) is 6.18 Å². The maximum absolute atomic E-state index is 13.0. The fraction of sp³-hybridized carbons (Fsp3) is 0.250. The molecule has 0 bridgehead atoms. The molecule has 3 aromatic rings. The van der Waals surface area contributed by atoms with E-state index in [9.17, 15) is 18.0 Å². The topological polar surface area (TPSA) is 45.2 Å². The lowest BCUT2D eigenvalue weighted by molar-refractivity contribution is -0.137. The van der Waals surface area contributed by atoms with Crippen molar-refractivity contribution in [1.29, 1.82) is 0 Å². The summed E-state index contributed by atoms with van der Waals surface area (Å²) in [7, 11) is 0. The van der Waals surface area contributed by atoms with Gasteiger partial charge in [0.1, 0.15) is 0 Å². The van der Waals surface area contributed by atoms with Crippen LogP contribution in [0.25, 0.3) is 0 Å². The maximum atomic E-state index is 13.0. The molecule has 4 nitrogen and oxygen atoms in total. The first-order valence-corrected chi connectivity index (χ1v) is 10.9. The first kappa shape index (κ1) is 22.3. The largest absolute Gasteiger partial charge is 0.416 e. The molecule has 0 aliphatic carbocycles. The second-order valence-electron chi connectivity index (χ2n) is 7.90. The minimum atomic E-state index is -4.46. The van der Waals surface area contributed by atoms with Gasteiger partial charge >= 0.3 is 6.18 Å². The summed E-state index contributed by atoms with van der Waals surface area (Å²) in [5.41, 5.74) is 2.93. The predicted molar refractivity (Wildman–Crippen MR) is 122 cm³/mol. The molecule has 32 heavy (non-hydrogen) atoms. The summed E-state index contributed by atoms with van der Waals surface area (Å²) in [5, 5.41) is 2.59. The molecular formula is C24H21BrF3N3O. The summed E-state index contributed by atoms with van der Waals surface area (Å²) in [6.45, 7) is 3.69. The Balaban J connectivity index is 1.51. The van der Waals surface area contributed by atoms with Crippen LogP contribution in [0.2, 0.25) is 0 Å². The molecule has 166 valence electrons. The summed E-state index contributed by atoms with van der Waals surface area (Å²) in [6, 6.07) is 12.1. The summed E-state index contributed by atoms with van der Waals surface area (Å²) < 4.78 is 39.8. The molecule has 1 atom stereocenters. The third-order valence-corrected chi connectivity index (χ3v) is 6.11. The molecule has 1 aliphatic rings. The molecule has 1 aliphatic heterocycles. The van der Waals surface area contributed by atoms with Gasteiger partial charge in [-0.25, -0.2) is 0 Å². The van der Waals surface area contributed by atoms with E-state index in [0.717, 1.165) is 52.9 Å². The van der Waals surface area contributed by atoms with Gasteiger partial charge in [-0.05, 0) is 76.8 Å². The smallest absolute Gasteiger partial charge is 0.370 e. The van der Waals surface area contributed by atoms with Crippen molar-refractivity contribution in [3.63, 3.8) is 0 Å². The molecular weight excluding hydrogens is 483 g/mol. The number of amides is 1. The number of hydrogen-bond acceptors (Lipinski definition) is 3. The number of hydrogen-bond donors (Lipinski definition) is 1. The first-order valence-electron chi connectivity index (χ1n) is 10.2. The van der Waals surface area contributed by atoms with E-state index in [-0.39, 0.29) is 11.6 Å². The van der Waals surface area contributed by atoms with Gasteiger partial charge in [-0.3, -0.25) is 9.78 Å². The van der Waals surface area contributed by atoms with Crippen molar-refractivity contribution in [1.82, 2.24) is 4.98 Å². The number of nitrogens with one attached hydrogen (secondary N) is 1. The number of pyridine rings is 1. The second kappa shape index (κ2) is 8.94. The lowest BCUT2D eigenvalue weighted by Gasteiger charge is -2.20. The standard InChI is InChI=1S/C24H21BrF3N3O/c1-15-5-6-16(23(32)30-20-4-2-3-18(10-20)24(26,27)28)9-22(15)17-7-8-31(14-17)21-11-19(25)12-29-13-21/h2-6,9-13,17H,7-8,14H2,1H3,(H,30,32). The Bertz CT molecular complexity index is 1150. The van der Waals surface area contributed by atoms with Crippen LogP contribution in [0.15, 0.2) is 65.4 Å². The van der Waals surface area contributed by atoms with E-state index < -0.39 is 17.6 Å². The van der Waals surface area contributed by atoms with E-state index in [0.29, 0.717) is 5.56 Å². The SMILES string of the molecule is Cc1ccc(C(=O)Nc2cccc(C(F)(F)F)c2)cc1C1CCN(c2cncc(Br)c2)C1. The minimum absolute atomic E-state index is 0.112. The zero-order valence-electron chi connectivity index (χ0n) is 17.3. The van der Waals surface area contributed by atoms with Gasteiger partial charge in [-0.15, -0.1) is 0 Å². The van der Waals surface area contributed by atoms with E-state index in [2.05, 4.69) is 31.1 Å². The van der Waals surface area contributed by atoms with Crippen molar-refractivity contribution in [3.8, 4) is 0 Å². The number of carbonyl (C=O) groups is 1. The van der Waals surface area contributed by atoms with Crippen LogP contribution >= 0.6 is 15.9 Å². The summed E-state index contributed by atoms with van der Waals surface area (Å²) in [6.07, 6.45) is 0.0502. The Hall–Kier alpha value is -2.87. The van der Waals surface area contributed by atoms with Crippen molar-refractivity contribution >= 4 is 33.2 Å². The zero-order valence-corrected chi connectivity index (χ0v) is 18.9. The Morgan fingerprint density at radius 3 is 2.72 bits per heavy atom. The number of benzene rings is 2. The average Bonchev–Trinajstić information content (AvgIpc) is 3.24. The molecule has 1 fully saturated rings. The Labute approximate surface area is 192 Å². The number of aromatic nitrogens is 1. The normalized spacial score (nSPS) is 16.3. The van der Waals surface area contributed by atoms with Crippen LogP contribution in [0.5, 0.6) is 0 Å². The number of rotatable bonds is 4. The molecule has 0 radical (unpaired) electrons. The van der Waals surface area contributed by atoms with E-state index in [4.69, 9.17) is 0 Å². The molecule has 1 N–H and O–H groups in total. The van der Waals surface area contributed by atoms with Crippen molar-refractivity contribution in [2.24, 2.45) is 0 Å². The van der Waals surface area contributed by atoms with Gasteiger partial charge < -0.3 is 10.2 Å². The molecule has 2 heterocycles. The molecule has 0 spiro atoms. The van der Waals surface area contributed by atoms with Crippen molar-refractivity contribution in [2.75, 3.05) is 23.3 Å². The zero-order chi connectivity index (χ0) is 22.9. The molecule has 1 saturated heterocycles. The number of alkyl halides is 3. The van der Waals surface area contributed by atoms with Gasteiger partial charge in [0.15, 0.2) is 0 Å². The van der Waals surface area contributed by atoms with Gasteiger partial charge in [0.05, 0.1) is 17.4 Å². The minimum Gasteiger partial charge on any atom is -0.370 e. The molecule has 1 aromatic heterocycles. The third-order valence-electron chi connectivity index (χ3n) is 5.67. The highest BCUT2D eigenvalue weighted by atomic mass is 79.9. The van der Waals surface area contributed by atoms with Crippen molar-refractivity contribution < 1.29 is 18.0 Å². The first-order chi connectivity index (χ1) is 15.2. The molecule has 0 saturated carbocycles. The van der Waals surface area contributed by atoms with E-state index in [1.165, 1.54) is 12.1 Å². The summed E-state index contributed by atoms with van der Waals surface area (Å²) in [5.74, 6) is -0.188. The maximum Gasteiger partial charge on any atom is 0.416 e. The van der Waals surface area contributed by atoms with Crippen LogP contribution in [-0.4, -0.2) is 24.0 Å². The van der Waals surface area contributed by atoms with Crippen LogP contribution in [0.3, 0.4) is 0 Å². The molecule has 4 rings (SSSR count). The quantitative estimate of drug-likeness (QED) is 0.446. The fourth-order valence-corrected chi connectivity index (χ4v) is 4.37. The summed E-state index contributed by atoms with van der Waals surface area (Å²) >= 11 is 3.45. The Morgan fingerprint density at radius 1 is 1.16 bits per heavy atom. The van der Waals surface area contributed by atoms with Gasteiger partial charge in [0, 0.05) is 40.9 Å². The van der Waals surface area contributed by atoms with Crippen molar-refractivity contribution in [2.45, 2.75) is 25.4 Å². The number of carbonyl (C=O) groups excluding carboxylic acids is 1. The fourth-order valence-electron chi connectivity index (χ4n) is 4.02. The van der Waals surface area contributed by atoms with Gasteiger partial charge in [0.2, 0.25) is 0 Å². The lowest BCUT2D eigenvalue weighted by Crippen LogP contribution is -2.19. The third kappa shape index (κ3) is 4.96. The van der Waals surface area contributed by atoms with Crippen LogP contribution in [0, 0.1) is 6.92 Å². The summed E-state index contributed by atoms with van der Waals surface area (Å²) in [4.78, 5) is 19.3. The molecule has 8 heteroatoms. The number of halogens is 4. The molecule has 2 aromatic carbocycles. The lowest BCUT2D eigenvalue weighted by atomic mass is 9.92. The Morgan fingerprint density at radius 2 is 1.97 bits per heavy atom. The Kier molecular flexibility index (Phi) is 6.24. The second-order valence-corrected chi connectivity index (χ2v) is 8.81. The average molecular weight is 504 g/mol. The van der Waals surface area contributed by atoms with Crippen LogP contribution in [0.1, 0.15) is 39.4 Å². The van der Waals surface area contributed by atoms with Crippen LogP contribution < -0.4 is 10.2 Å². The molecule has 1 amide bonds. The van der Waals surface area contributed by atoms with E-state index in [1.54, 1.807) is 12.3 Å². The van der Waals surface area contributed by atoms with Gasteiger partial charge in [-0.2, -0.15) is 13.2 Å². The van der Waals surface area contributed by atoms with E-state index in [1.807, 2.05) is 31.3 Å². The van der Waals surface area contributed by atoms with Crippen LogP contribution in [0.4, 0.5) is 24.5 Å².